The zero-order valence-corrected chi connectivity index (χ0v) is 14.3. The summed E-state index contributed by atoms with van der Waals surface area (Å²) in [4.78, 5) is 0.304. The number of sulfonamides is 1. The predicted octanol–water partition coefficient (Wildman–Crippen LogP) is 4.49. The summed E-state index contributed by atoms with van der Waals surface area (Å²) in [5, 5.41) is 9.07. The molecule has 0 aliphatic heterocycles. The molecule has 0 radical (unpaired) electrons. The van der Waals surface area contributed by atoms with Crippen molar-refractivity contribution >= 4 is 66.2 Å². The lowest BCUT2D eigenvalue weighted by Crippen LogP contribution is -2.12. The van der Waals surface area contributed by atoms with Crippen molar-refractivity contribution in [1.82, 2.24) is 0 Å². The molecule has 0 aliphatic rings. The standard InChI is InChI=1S/C11H5BrCl2N2O2S2/c12-6-3-8(13)11(9(14)4-6)16-20(17,18)10-2-1-7(5-15)19-10/h1-4,16H. The number of anilines is 1. The predicted molar refractivity (Wildman–Crippen MR) is 84.0 cm³/mol. The number of nitriles is 1. The Morgan fingerprint density at radius 1 is 1.25 bits per heavy atom. The third-order valence-corrected chi connectivity index (χ3v) is 6.09. The van der Waals surface area contributed by atoms with Gasteiger partial charge in [-0.1, -0.05) is 39.1 Å². The monoisotopic (exact) mass is 410 g/mol. The summed E-state index contributed by atoms with van der Waals surface area (Å²) < 4.78 is 27.3. The third-order valence-electron chi connectivity index (χ3n) is 2.20. The zero-order valence-electron chi connectivity index (χ0n) is 9.52. The van der Waals surface area contributed by atoms with Crippen LogP contribution in [0, 0.1) is 11.3 Å². The first-order valence-corrected chi connectivity index (χ1v) is 8.85. The highest BCUT2D eigenvalue weighted by Crippen LogP contribution is 2.35. The molecular formula is C11H5BrCl2N2O2S2. The fourth-order valence-electron chi connectivity index (χ4n) is 1.35. The van der Waals surface area contributed by atoms with Crippen molar-refractivity contribution in [3.63, 3.8) is 0 Å². The number of halogens is 3. The number of thiophene rings is 1. The van der Waals surface area contributed by atoms with Gasteiger partial charge in [0.1, 0.15) is 15.2 Å². The van der Waals surface area contributed by atoms with Crippen molar-refractivity contribution in [2.75, 3.05) is 4.72 Å². The molecule has 9 heteroatoms. The number of nitrogens with one attached hydrogen (secondary N) is 1. The SMILES string of the molecule is N#Cc1ccc(S(=O)(=O)Nc2c(Cl)cc(Br)cc2Cl)s1. The van der Waals surface area contributed by atoms with Crippen molar-refractivity contribution < 1.29 is 8.42 Å². The van der Waals surface area contributed by atoms with Gasteiger partial charge < -0.3 is 0 Å². The Balaban J connectivity index is 2.41. The van der Waals surface area contributed by atoms with Gasteiger partial charge in [0.05, 0.1) is 15.7 Å². The van der Waals surface area contributed by atoms with E-state index >= 15 is 0 Å². The van der Waals surface area contributed by atoms with Gasteiger partial charge in [0.25, 0.3) is 10.0 Å². The van der Waals surface area contributed by atoms with E-state index in [0.29, 0.717) is 9.35 Å². The lowest BCUT2D eigenvalue weighted by atomic mass is 10.3. The maximum Gasteiger partial charge on any atom is 0.271 e. The van der Waals surface area contributed by atoms with E-state index in [1.807, 2.05) is 6.07 Å². The fraction of sp³-hybridized carbons (Fsp3) is 0. The highest BCUT2D eigenvalue weighted by Gasteiger charge is 2.20. The normalized spacial score (nSPS) is 11.1. The van der Waals surface area contributed by atoms with Crippen LogP contribution in [0.3, 0.4) is 0 Å². The summed E-state index contributed by atoms with van der Waals surface area (Å²) in [5.74, 6) is 0. The molecule has 0 unspecified atom stereocenters. The molecule has 1 N–H and O–H groups in total. The Morgan fingerprint density at radius 3 is 2.35 bits per heavy atom. The average Bonchev–Trinajstić information content (AvgIpc) is 2.83. The fourth-order valence-corrected chi connectivity index (χ4v) is 4.97. The minimum absolute atomic E-state index is 0.0177. The van der Waals surface area contributed by atoms with E-state index in [2.05, 4.69) is 20.7 Å². The Morgan fingerprint density at radius 2 is 1.85 bits per heavy atom. The summed E-state index contributed by atoms with van der Waals surface area (Å²) in [6.07, 6.45) is 0. The van der Waals surface area contributed by atoms with E-state index in [0.717, 1.165) is 11.3 Å². The van der Waals surface area contributed by atoms with Gasteiger partial charge in [-0.2, -0.15) is 5.26 Å². The van der Waals surface area contributed by atoms with Gasteiger partial charge in [-0.25, -0.2) is 8.42 Å². The molecule has 104 valence electrons. The van der Waals surface area contributed by atoms with Crippen LogP contribution in [0.5, 0.6) is 0 Å². The Bertz CT molecular complexity index is 789. The third kappa shape index (κ3) is 3.27. The smallest absolute Gasteiger partial charge is 0.271 e. The number of hydrogen-bond donors (Lipinski definition) is 1. The number of benzene rings is 1. The topological polar surface area (TPSA) is 70.0 Å². The molecule has 0 fully saturated rings. The Kier molecular flexibility index (Phi) is 4.62. The second-order valence-corrected chi connectivity index (χ2v) is 8.30. The number of hydrogen-bond acceptors (Lipinski definition) is 4. The summed E-state index contributed by atoms with van der Waals surface area (Å²) in [7, 11) is -3.83. The van der Waals surface area contributed by atoms with E-state index in [1.54, 1.807) is 0 Å². The lowest BCUT2D eigenvalue weighted by molar-refractivity contribution is 0.603. The van der Waals surface area contributed by atoms with Crippen LogP contribution in [0.15, 0.2) is 32.9 Å². The molecular weight excluding hydrogens is 407 g/mol. The van der Waals surface area contributed by atoms with Gasteiger partial charge in [0.2, 0.25) is 0 Å². The van der Waals surface area contributed by atoms with E-state index in [9.17, 15) is 8.42 Å². The van der Waals surface area contributed by atoms with Crippen molar-refractivity contribution in [3.8, 4) is 6.07 Å². The molecule has 20 heavy (non-hydrogen) atoms. The molecule has 0 bridgehead atoms. The zero-order chi connectivity index (χ0) is 14.9. The van der Waals surface area contributed by atoms with Crippen molar-refractivity contribution in [1.29, 1.82) is 5.26 Å². The van der Waals surface area contributed by atoms with Crippen molar-refractivity contribution in [2.45, 2.75) is 4.21 Å². The van der Waals surface area contributed by atoms with Crippen LogP contribution in [0.2, 0.25) is 10.0 Å². The molecule has 0 aliphatic carbocycles. The van der Waals surface area contributed by atoms with E-state index in [4.69, 9.17) is 28.5 Å². The van der Waals surface area contributed by atoms with Crippen LogP contribution in [0.4, 0.5) is 5.69 Å². The lowest BCUT2D eigenvalue weighted by Gasteiger charge is -2.10. The molecule has 0 saturated carbocycles. The van der Waals surface area contributed by atoms with Gasteiger partial charge >= 0.3 is 0 Å². The quantitative estimate of drug-likeness (QED) is 0.808. The molecule has 4 nitrogen and oxygen atoms in total. The summed E-state index contributed by atoms with van der Waals surface area (Å²) in [6, 6.07) is 7.73. The van der Waals surface area contributed by atoms with Crippen LogP contribution in [-0.2, 0) is 10.0 Å². The molecule has 0 amide bonds. The molecule has 0 spiro atoms. The molecule has 2 rings (SSSR count). The Labute approximate surface area is 138 Å². The van der Waals surface area contributed by atoms with Gasteiger partial charge in [0, 0.05) is 4.47 Å². The van der Waals surface area contributed by atoms with Crippen LogP contribution >= 0.6 is 50.5 Å². The molecule has 1 heterocycles. The van der Waals surface area contributed by atoms with Gasteiger partial charge in [-0.05, 0) is 24.3 Å². The number of rotatable bonds is 3. The van der Waals surface area contributed by atoms with Gasteiger partial charge in [-0.3, -0.25) is 4.72 Å². The van der Waals surface area contributed by atoms with Crippen LogP contribution in [-0.4, -0.2) is 8.42 Å². The minimum Gasteiger partial charge on any atom is -0.276 e. The first kappa shape index (κ1) is 15.6. The maximum absolute atomic E-state index is 12.2. The molecule has 1 aromatic heterocycles. The number of nitrogens with zero attached hydrogens (tertiary/aromatic N) is 1. The average molecular weight is 412 g/mol. The Hall–Kier alpha value is -0.780. The molecule has 0 saturated heterocycles. The first-order chi connectivity index (χ1) is 9.33. The highest BCUT2D eigenvalue weighted by atomic mass is 79.9. The largest absolute Gasteiger partial charge is 0.276 e. The molecule has 0 atom stereocenters. The van der Waals surface area contributed by atoms with Crippen LogP contribution < -0.4 is 4.72 Å². The highest BCUT2D eigenvalue weighted by molar-refractivity contribution is 9.10. The van der Waals surface area contributed by atoms with Crippen molar-refractivity contribution in [2.24, 2.45) is 0 Å². The van der Waals surface area contributed by atoms with Crippen molar-refractivity contribution in [3.05, 3.63) is 43.7 Å². The molecule has 2 aromatic rings. The van der Waals surface area contributed by atoms with Gasteiger partial charge in [-0.15, -0.1) is 11.3 Å². The molecule has 1 aromatic carbocycles. The van der Waals surface area contributed by atoms with Gasteiger partial charge in [0.15, 0.2) is 0 Å². The van der Waals surface area contributed by atoms with E-state index < -0.39 is 10.0 Å². The first-order valence-electron chi connectivity index (χ1n) is 5.01. The second kappa shape index (κ2) is 5.92. The van der Waals surface area contributed by atoms with E-state index in [-0.39, 0.29) is 19.9 Å². The van der Waals surface area contributed by atoms with Crippen LogP contribution in [0.25, 0.3) is 0 Å². The van der Waals surface area contributed by atoms with E-state index in [1.165, 1.54) is 24.3 Å². The summed E-state index contributed by atoms with van der Waals surface area (Å²) >= 11 is 16.0. The maximum atomic E-state index is 12.2. The second-order valence-electron chi connectivity index (χ2n) is 3.58. The summed E-state index contributed by atoms with van der Waals surface area (Å²) in [6.45, 7) is 0. The minimum atomic E-state index is -3.83. The van der Waals surface area contributed by atoms with Crippen LogP contribution in [0.1, 0.15) is 4.88 Å². The summed E-state index contributed by atoms with van der Waals surface area (Å²) in [5.41, 5.74) is 0.100.